The molecule has 0 bridgehead atoms. The van der Waals surface area contributed by atoms with Gasteiger partial charge in [-0.1, -0.05) is 0 Å². The Morgan fingerprint density at radius 1 is 1.38 bits per heavy atom. The van der Waals surface area contributed by atoms with Crippen LogP contribution in [-0.2, 0) is 14.6 Å². The Bertz CT molecular complexity index is 336. The first-order valence-corrected chi connectivity index (χ1v) is 7.15. The number of nitrogens with one attached hydrogen (secondary N) is 1. The van der Waals surface area contributed by atoms with E-state index in [-0.39, 0.29) is 19.0 Å². The number of hydrogen-bond donors (Lipinski definition) is 1. The fourth-order valence-electron chi connectivity index (χ4n) is 0.913. The molecule has 0 heterocycles. The van der Waals surface area contributed by atoms with E-state index in [1.165, 1.54) is 6.26 Å². The van der Waals surface area contributed by atoms with Crippen molar-refractivity contribution >= 4 is 15.7 Å². The van der Waals surface area contributed by atoms with Crippen LogP contribution in [0.15, 0.2) is 0 Å². The molecule has 0 aromatic heterocycles. The van der Waals surface area contributed by atoms with Crippen molar-refractivity contribution in [2.75, 3.05) is 32.9 Å². The van der Waals surface area contributed by atoms with Gasteiger partial charge in [0.05, 0.1) is 11.3 Å². The lowest BCUT2D eigenvalue weighted by Gasteiger charge is -2.23. The summed E-state index contributed by atoms with van der Waals surface area (Å²) in [5, 5.41) is 2.88. The van der Waals surface area contributed by atoms with E-state index in [4.69, 9.17) is 0 Å². The molecule has 0 aliphatic heterocycles. The van der Waals surface area contributed by atoms with Gasteiger partial charge in [0.25, 0.3) is 0 Å². The molecule has 0 aliphatic rings. The van der Waals surface area contributed by atoms with Crippen molar-refractivity contribution in [3.63, 3.8) is 0 Å². The molecular formula is C10H22N2O3S. The molecule has 0 aliphatic carbocycles. The standard InChI is InChI=1S/C10H22N2O3S/c1-6-12(4)9(13)7-11-8-10(2,3)16(5,14)15/h11H,6-8H2,1-5H3. The lowest BCUT2D eigenvalue weighted by Crippen LogP contribution is -2.45. The van der Waals surface area contributed by atoms with Gasteiger partial charge in [0.15, 0.2) is 9.84 Å². The summed E-state index contributed by atoms with van der Waals surface area (Å²) in [4.78, 5) is 13.0. The van der Waals surface area contributed by atoms with Gasteiger partial charge in [-0.05, 0) is 20.8 Å². The minimum Gasteiger partial charge on any atom is -0.345 e. The molecule has 16 heavy (non-hydrogen) atoms. The highest BCUT2D eigenvalue weighted by Crippen LogP contribution is 2.12. The second-order valence-corrected chi connectivity index (χ2v) is 7.19. The second kappa shape index (κ2) is 5.63. The summed E-state index contributed by atoms with van der Waals surface area (Å²) in [7, 11) is -1.40. The topological polar surface area (TPSA) is 66.5 Å². The Morgan fingerprint density at radius 2 is 1.88 bits per heavy atom. The normalized spacial score (nSPS) is 12.6. The molecule has 0 saturated carbocycles. The average molecular weight is 250 g/mol. The maximum Gasteiger partial charge on any atom is 0.236 e. The zero-order chi connectivity index (χ0) is 13.0. The molecule has 6 heteroatoms. The van der Waals surface area contributed by atoms with Gasteiger partial charge in [-0.25, -0.2) is 8.42 Å². The molecule has 0 atom stereocenters. The summed E-state index contributed by atoms with van der Waals surface area (Å²) in [6, 6.07) is 0. The van der Waals surface area contributed by atoms with E-state index in [1.54, 1.807) is 25.8 Å². The van der Waals surface area contributed by atoms with Crippen molar-refractivity contribution < 1.29 is 13.2 Å². The molecule has 1 amide bonds. The number of carbonyl (C=O) groups is 1. The second-order valence-electron chi connectivity index (χ2n) is 4.54. The van der Waals surface area contributed by atoms with E-state index in [0.717, 1.165) is 0 Å². The van der Waals surface area contributed by atoms with Crippen LogP contribution in [0.1, 0.15) is 20.8 Å². The van der Waals surface area contributed by atoms with E-state index in [9.17, 15) is 13.2 Å². The molecule has 5 nitrogen and oxygen atoms in total. The van der Waals surface area contributed by atoms with Gasteiger partial charge in [-0.2, -0.15) is 0 Å². The van der Waals surface area contributed by atoms with Gasteiger partial charge in [0.2, 0.25) is 5.91 Å². The van der Waals surface area contributed by atoms with Crippen molar-refractivity contribution in [2.24, 2.45) is 0 Å². The first-order valence-electron chi connectivity index (χ1n) is 5.26. The number of hydrogen-bond acceptors (Lipinski definition) is 4. The Labute approximate surface area is 98.1 Å². The summed E-state index contributed by atoms with van der Waals surface area (Å²) in [6.07, 6.45) is 1.20. The first kappa shape index (κ1) is 15.4. The van der Waals surface area contributed by atoms with Crippen LogP contribution in [0.4, 0.5) is 0 Å². The van der Waals surface area contributed by atoms with Crippen molar-refractivity contribution in [3.8, 4) is 0 Å². The highest BCUT2D eigenvalue weighted by molar-refractivity contribution is 7.92. The third kappa shape index (κ3) is 4.49. The fraction of sp³-hybridized carbons (Fsp3) is 0.900. The van der Waals surface area contributed by atoms with Crippen LogP contribution in [0.3, 0.4) is 0 Å². The van der Waals surface area contributed by atoms with Crippen LogP contribution in [0.2, 0.25) is 0 Å². The van der Waals surface area contributed by atoms with Crippen molar-refractivity contribution in [3.05, 3.63) is 0 Å². The smallest absolute Gasteiger partial charge is 0.236 e. The molecule has 96 valence electrons. The number of carbonyl (C=O) groups excluding carboxylic acids is 1. The quantitative estimate of drug-likeness (QED) is 0.713. The zero-order valence-corrected chi connectivity index (χ0v) is 11.5. The van der Waals surface area contributed by atoms with Crippen molar-refractivity contribution in [1.29, 1.82) is 0 Å². The van der Waals surface area contributed by atoms with Gasteiger partial charge < -0.3 is 10.2 Å². The molecule has 0 aromatic rings. The van der Waals surface area contributed by atoms with Gasteiger partial charge in [0.1, 0.15) is 0 Å². The van der Waals surface area contributed by atoms with Crippen LogP contribution >= 0.6 is 0 Å². The lowest BCUT2D eigenvalue weighted by atomic mass is 10.2. The number of amides is 1. The number of rotatable bonds is 6. The predicted octanol–water partition coefficient (Wildman–Crippen LogP) is -0.122. The van der Waals surface area contributed by atoms with Gasteiger partial charge in [-0.3, -0.25) is 4.79 Å². The third-order valence-corrected chi connectivity index (χ3v) is 4.88. The molecule has 0 fully saturated rings. The number of likely N-dealkylation sites (N-methyl/N-ethyl adjacent to an activating group) is 1. The maximum atomic E-state index is 11.4. The Kier molecular flexibility index (Phi) is 5.41. The zero-order valence-electron chi connectivity index (χ0n) is 10.7. The Balaban J connectivity index is 4.15. The molecular weight excluding hydrogens is 228 g/mol. The van der Waals surface area contributed by atoms with Crippen LogP contribution in [0.25, 0.3) is 0 Å². The summed E-state index contributed by atoms with van der Waals surface area (Å²) < 4.78 is 21.9. The monoisotopic (exact) mass is 250 g/mol. The van der Waals surface area contributed by atoms with Gasteiger partial charge >= 0.3 is 0 Å². The Morgan fingerprint density at radius 3 is 2.25 bits per heavy atom. The van der Waals surface area contributed by atoms with E-state index >= 15 is 0 Å². The first-order chi connectivity index (χ1) is 7.12. The van der Waals surface area contributed by atoms with E-state index in [1.807, 2.05) is 6.92 Å². The van der Waals surface area contributed by atoms with E-state index in [2.05, 4.69) is 5.32 Å². The van der Waals surface area contributed by atoms with Crippen LogP contribution in [-0.4, -0.2) is 56.9 Å². The minimum atomic E-state index is -3.11. The number of nitrogens with zero attached hydrogens (tertiary/aromatic N) is 1. The summed E-state index contributed by atoms with van der Waals surface area (Å²) in [6.45, 7) is 6.26. The van der Waals surface area contributed by atoms with Crippen LogP contribution in [0.5, 0.6) is 0 Å². The minimum absolute atomic E-state index is 0.0354. The number of sulfone groups is 1. The molecule has 1 N–H and O–H groups in total. The van der Waals surface area contributed by atoms with Gasteiger partial charge in [0, 0.05) is 26.4 Å². The fourth-order valence-corrected chi connectivity index (χ4v) is 1.28. The molecule has 0 unspecified atom stereocenters. The highest BCUT2D eigenvalue weighted by atomic mass is 32.2. The molecule has 0 spiro atoms. The van der Waals surface area contributed by atoms with E-state index < -0.39 is 14.6 Å². The van der Waals surface area contributed by atoms with Crippen molar-refractivity contribution in [2.45, 2.75) is 25.5 Å². The van der Waals surface area contributed by atoms with E-state index in [0.29, 0.717) is 6.54 Å². The van der Waals surface area contributed by atoms with Gasteiger partial charge in [-0.15, -0.1) is 0 Å². The molecule has 0 saturated heterocycles. The molecule has 0 aromatic carbocycles. The third-order valence-electron chi connectivity index (χ3n) is 2.73. The van der Waals surface area contributed by atoms with Crippen LogP contribution < -0.4 is 5.32 Å². The largest absolute Gasteiger partial charge is 0.345 e. The SMILES string of the molecule is CCN(C)C(=O)CNCC(C)(C)S(C)(=O)=O. The molecule has 0 rings (SSSR count). The predicted molar refractivity (Wildman–Crippen MR) is 65.1 cm³/mol. The highest BCUT2D eigenvalue weighted by Gasteiger charge is 2.29. The summed E-state index contributed by atoms with van der Waals surface area (Å²) in [5.41, 5.74) is 0. The van der Waals surface area contributed by atoms with Crippen LogP contribution in [0, 0.1) is 0 Å². The maximum absolute atomic E-state index is 11.4. The van der Waals surface area contributed by atoms with Crippen molar-refractivity contribution in [1.82, 2.24) is 10.2 Å². The molecule has 0 radical (unpaired) electrons. The summed E-state index contributed by atoms with van der Waals surface area (Å²) >= 11 is 0. The Hall–Kier alpha value is -0.620. The average Bonchev–Trinajstić information content (AvgIpc) is 2.14. The summed E-state index contributed by atoms with van der Waals surface area (Å²) in [5.74, 6) is -0.0354. The lowest BCUT2D eigenvalue weighted by molar-refractivity contribution is -0.128.